The average Bonchev–Trinajstić information content (AvgIpc) is 2.53. The molecule has 1 aromatic heterocycles. The molecule has 0 saturated carbocycles. The van der Waals surface area contributed by atoms with Gasteiger partial charge in [0.05, 0.1) is 7.11 Å². The number of ketones is 1. The number of pyridine rings is 1. The highest BCUT2D eigenvalue weighted by Crippen LogP contribution is 2.21. The Labute approximate surface area is 122 Å². The second-order valence-electron chi connectivity index (χ2n) is 4.37. The summed E-state index contributed by atoms with van der Waals surface area (Å²) in [6.07, 6.45) is 1.52. The monoisotopic (exact) mass is 285 g/mol. The van der Waals surface area contributed by atoms with E-state index < -0.39 is 5.97 Å². The van der Waals surface area contributed by atoms with E-state index in [0.29, 0.717) is 16.9 Å². The lowest BCUT2D eigenvalue weighted by Gasteiger charge is -2.10. The van der Waals surface area contributed by atoms with E-state index in [1.165, 1.54) is 20.2 Å². The van der Waals surface area contributed by atoms with Crippen LogP contribution in [-0.4, -0.2) is 23.8 Å². The maximum atomic E-state index is 11.8. The van der Waals surface area contributed by atoms with Crippen molar-refractivity contribution in [2.75, 3.05) is 7.11 Å². The number of esters is 1. The number of benzene rings is 1. The van der Waals surface area contributed by atoms with E-state index in [0.717, 1.165) is 0 Å². The summed E-state index contributed by atoms with van der Waals surface area (Å²) in [7, 11) is 1.52. The molecule has 108 valence electrons. The van der Waals surface area contributed by atoms with Crippen molar-refractivity contribution in [1.82, 2.24) is 4.98 Å². The summed E-state index contributed by atoms with van der Waals surface area (Å²) in [5.41, 5.74) is 1.41. The summed E-state index contributed by atoms with van der Waals surface area (Å²) in [6, 6.07) is 10.0. The van der Waals surface area contributed by atoms with E-state index in [9.17, 15) is 9.59 Å². The van der Waals surface area contributed by atoms with Crippen molar-refractivity contribution in [3.8, 4) is 5.75 Å². The molecule has 2 aromatic rings. The van der Waals surface area contributed by atoms with Crippen molar-refractivity contribution >= 4 is 11.8 Å². The molecule has 5 heteroatoms. The largest absolute Gasteiger partial charge is 0.496 e. The number of ether oxygens (including phenoxy) is 2. The highest BCUT2D eigenvalue weighted by molar-refractivity contribution is 5.94. The van der Waals surface area contributed by atoms with Gasteiger partial charge in [-0.25, -0.2) is 9.78 Å². The third kappa shape index (κ3) is 3.66. The van der Waals surface area contributed by atoms with Crippen LogP contribution in [0, 0.1) is 0 Å². The van der Waals surface area contributed by atoms with Gasteiger partial charge in [-0.05, 0) is 37.3 Å². The topological polar surface area (TPSA) is 65.5 Å². The highest BCUT2D eigenvalue weighted by atomic mass is 16.5. The van der Waals surface area contributed by atoms with Gasteiger partial charge in [0, 0.05) is 17.3 Å². The zero-order valence-electron chi connectivity index (χ0n) is 11.8. The molecule has 0 bridgehead atoms. The minimum absolute atomic E-state index is 0.0136. The minimum atomic E-state index is -0.522. The molecule has 0 unspecified atom stereocenters. The van der Waals surface area contributed by atoms with Crippen molar-refractivity contribution in [1.29, 1.82) is 0 Å². The molecule has 0 N–H and O–H groups in total. The summed E-state index contributed by atoms with van der Waals surface area (Å²) in [4.78, 5) is 27.2. The van der Waals surface area contributed by atoms with Crippen molar-refractivity contribution < 1.29 is 19.1 Å². The fraction of sp³-hybridized carbons (Fsp3) is 0.188. The number of hydrogen-bond donors (Lipinski definition) is 0. The van der Waals surface area contributed by atoms with E-state index in [2.05, 4.69) is 4.98 Å². The van der Waals surface area contributed by atoms with E-state index in [1.54, 1.807) is 36.4 Å². The van der Waals surface area contributed by atoms with Crippen molar-refractivity contribution in [2.24, 2.45) is 0 Å². The summed E-state index contributed by atoms with van der Waals surface area (Å²) in [5.74, 6) is -0.0188. The molecule has 1 aromatic carbocycles. The standard InChI is InChI=1S/C16H15NO4/c1-11(18)12-6-7-15(20-2)13(9-12)10-21-16(19)14-5-3-4-8-17-14/h3-9H,10H2,1-2H3. The number of nitrogens with zero attached hydrogens (tertiary/aromatic N) is 1. The molecule has 21 heavy (non-hydrogen) atoms. The van der Waals surface area contributed by atoms with Gasteiger partial charge >= 0.3 is 5.97 Å². The molecule has 0 atom stereocenters. The molecule has 0 spiro atoms. The van der Waals surface area contributed by atoms with Crippen LogP contribution in [-0.2, 0) is 11.3 Å². The number of methoxy groups -OCH3 is 1. The molecule has 5 nitrogen and oxygen atoms in total. The number of carbonyl (C=O) groups is 2. The van der Waals surface area contributed by atoms with Crippen LogP contribution >= 0.6 is 0 Å². The van der Waals surface area contributed by atoms with Crippen molar-refractivity contribution in [3.05, 3.63) is 59.4 Å². The van der Waals surface area contributed by atoms with Crippen molar-refractivity contribution in [3.63, 3.8) is 0 Å². The van der Waals surface area contributed by atoms with Gasteiger partial charge in [0.2, 0.25) is 0 Å². The minimum Gasteiger partial charge on any atom is -0.496 e. The highest BCUT2D eigenvalue weighted by Gasteiger charge is 2.12. The van der Waals surface area contributed by atoms with Gasteiger partial charge < -0.3 is 9.47 Å². The van der Waals surface area contributed by atoms with Crippen LogP contribution in [0.4, 0.5) is 0 Å². The van der Waals surface area contributed by atoms with Crippen molar-refractivity contribution in [2.45, 2.75) is 13.5 Å². The van der Waals surface area contributed by atoms with Gasteiger partial charge in [-0.2, -0.15) is 0 Å². The molecule has 0 fully saturated rings. The number of aromatic nitrogens is 1. The van der Waals surface area contributed by atoms with E-state index in [-0.39, 0.29) is 18.1 Å². The zero-order chi connectivity index (χ0) is 15.2. The molecular weight excluding hydrogens is 270 g/mol. The molecule has 0 aliphatic carbocycles. The van der Waals surface area contributed by atoms with Crippen LogP contribution in [0.15, 0.2) is 42.6 Å². The van der Waals surface area contributed by atoms with Crippen LogP contribution in [0.2, 0.25) is 0 Å². The molecule has 2 rings (SSSR count). The predicted molar refractivity (Wildman–Crippen MR) is 76.4 cm³/mol. The van der Waals surface area contributed by atoms with Crippen LogP contribution < -0.4 is 4.74 Å². The molecule has 1 heterocycles. The molecule has 0 radical (unpaired) electrons. The second-order valence-corrected chi connectivity index (χ2v) is 4.37. The summed E-state index contributed by atoms with van der Waals surface area (Å²) in [5, 5.41) is 0. The summed E-state index contributed by atoms with van der Waals surface area (Å²) < 4.78 is 10.4. The first-order valence-corrected chi connectivity index (χ1v) is 6.38. The van der Waals surface area contributed by atoms with Crippen LogP contribution in [0.5, 0.6) is 5.75 Å². The molecule has 0 saturated heterocycles. The van der Waals surface area contributed by atoms with Gasteiger partial charge in [-0.3, -0.25) is 4.79 Å². The fourth-order valence-electron chi connectivity index (χ4n) is 1.81. The number of Topliss-reactive ketones (excluding diaryl/α,β-unsaturated/α-hetero) is 1. The smallest absolute Gasteiger partial charge is 0.357 e. The Balaban J connectivity index is 2.13. The Kier molecular flexibility index (Phi) is 4.66. The van der Waals surface area contributed by atoms with Crippen LogP contribution in [0.25, 0.3) is 0 Å². The summed E-state index contributed by atoms with van der Waals surface area (Å²) in [6.45, 7) is 1.49. The lowest BCUT2D eigenvalue weighted by molar-refractivity contribution is 0.0463. The number of carbonyl (C=O) groups excluding carboxylic acids is 2. The maximum absolute atomic E-state index is 11.8. The van der Waals surface area contributed by atoms with Gasteiger partial charge in [-0.1, -0.05) is 6.07 Å². The number of rotatable bonds is 5. The van der Waals surface area contributed by atoms with E-state index in [4.69, 9.17) is 9.47 Å². The Morgan fingerprint density at radius 1 is 1.19 bits per heavy atom. The van der Waals surface area contributed by atoms with Gasteiger partial charge in [0.25, 0.3) is 0 Å². The predicted octanol–water partition coefficient (Wildman–Crippen LogP) is 2.65. The third-order valence-electron chi connectivity index (χ3n) is 2.92. The molecular formula is C16H15NO4. The first-order chi connectivity index (χ1) is 10.1. The molecule has 0 aliphatic rings. The van der Waals surface area contributed by atoms with E-state index in [1.807, 2.05) is 0 Å². The van der Waals surface area contributed by atoms with Gasteiger partial charge in [0.15, 0.2) is 5.78 Å². The molecule has 0 aliphatic heterocycles. The lowest BCUT2D eigenvalue weighted by atomic mass is 10.1. The van der Waals surface area contributed by atoms with Gasteiger partial charge in [-0.15, -0.1) is 0 Å². The SMILES string of the molecule is COc1ccc(C(C)=O)cc1COC(=O)c1ccccn1. The Hall–Kier alpha value is -2.69. The summed E-state index contributed by atoms with van der Waals surface area (Å²) >= 11 is 0. The Morgan fingerprint density at radius 3 is 2.62 bits per heavy atom. The fourth-order valence-corrected chi connectivity index (χ4v) is 1.81. The average molecular weight is 285 g/mol. The van der Waals surface area contributed by atoms with Gasteiger partial charge in [0.1, 0.15) is 18.1 Å². The normalized spacial score (nSPS) is 10.0. The second kappa shape index (κ2) is 6.65. The molecule has 0 amide bonds. The lowest BCUT2D eigenvalue weighted by Crippen LogP contribution is -2.08. The third-order valence-corrected chi connectivity index (χ3v) is 2.92. The Morgan fingerprint density at radius 2 is 2.00 bits per heavy atom. The Bertz CT molecular complexity index is 653. The van der Waals surface area contributed by atoms with Crippen LogP contribution in [0.1, 0.15) is 33.3 Å². The first-order valence-electron chi connectivity index (χ1n) is 6.38. The first kappa shape index (κ1) is 14.7. The zero-order valence-corrected chi connectivity index (χ0v) is 11.8. The maximum Gasteiger partial charge on any atom is 0.357 e. The van der Waals surface area contributed by atoms with E-state index >= 15 is 0 Å². The quantitative estimate of drug-likeness (QED) is 0.624. The number of hydrogen-bond acceptors (Lipinski definition) is 5. The van der Waals surface area contributed by atoms with Crippen LogP contribution in [0.3, 0.4) is 0 Å².